The Morgan fingerprint density at radius 1 is 1.07 bits per heavy atom. The lowest BCUT2D eigenvalue weighted by atomic mass is 9.91. The molecule has 30 heavy (non-hydrogen) atoms. The fourth-order valence-corrected chi connectivity index (χ4v) is 5.07. The van der Waals surface area contributed by atoms with Gasteiger partial charge in [0, 0.05) is 42.5 Å². The summed E-state index contributed by atoms with van der Waals surface area (Å²) in [6.07, 6.45) is 3.49. The third kappa shape index (κ3) is 5.24. The van der Waals surface area contributed by atoms with Crippen molar-refractivity contribution in [3.05, 3.63) is 46.6 Å². The number of rotatable bonds is 7. The van der Waals surface area contributed by atoms with Crippen molar-refractivity contribution >= 4 is 0 Å². The van der Waals surface area contributed by atoms with Crippen molar-refractivity contribution in [1.82, 2.24) is 9.88 Å². The molecule has 1 aliphatic rings. The second kappa shape index (κ2) is 9.96. The van der Waals surface area contributed by atoms with Crippen LogP contribution in [0.5, 0.6) is 5.75 Å². The van der Waals surface area contributed by atoms with Crippen molar-refractivity contribution in [2.24, 2.45) is 11.8 Å². The van der Waals surface area contributed by atoms with Crippen LogP contribution in [-0.4, -0.2) is 29.1 Å². The molecule has 1 aliphatic heterocycles. The molecule has 1 aromatic carbocycles. The van der Waals surface area contributed by atoms with Crippen LogP contribution in [0.3, 0.4) is 0 Å². The van der Waals surface area contributed by atoms with Gasteiger partial charge < -0.3 is 4.74 Å². The number of benzene rings is 1. The van der Waals surface area contributed by atoms with Crippen molar-refractivity contribution in [3.8, 4) is 17.0 Å². The molecule has 2 atom stereocenters. The molecule has 1 aromatic heterocycles. The SMILES string of the molecule is CCc1cccc(CC)c1-c1cc(OC(C)C)c(CN2CC(C)CC(C)C2)c(C)n1. The molecule has 0 N–H and O–H groups in total. The molecule has 1 fully saturated rings. The Labute approximate surface area is 183 Å². The number of hydrogen-bond acceptors (Lipinski definition) is 3. The van der Waals surface area contributed by atoms with E-state index in [2.05, 4.69) is 77.6 Å². The number of nitrogens with zero attached hydrogens (tertiary/aromatic N) is 2. The zero-order valence-corrected chi connectivity index (χ0v) is 20.1. The van der Waals surface area contributed by atoms with Crippen LogP contribution in [-0.2, 0) is 19.4 Å². The highest BCUT2D eigenvalue weighted by Crippen LogP contribution is 2.34. The molecule has 2 unspecified atom stereocenters. The Morgan fingerprint density at radius 3 is 2.20 bits per heavy atom. The fraction of sp³-hybridized carbons (Fsp3) is 0.593. The van der Waals surface area contributed by atoms with E-state index in [1.807, 2.05) is 0 Å². The van der Waals surface area contributed by atoms with Gasteiger partial charge in [0.05, 0.1) is 11.8 Å². The first-order valence-corrected chi connectivity index (χ1v) is 11.8. The first-order chi connectivity index (χ1) is 14.3. The Balaban J connectivity index is 2.04. The summed E-state index contributed by atoms with van der Waals surface area (Å²) in [5.41, 5.74) is 7.43. The maximum atomic E-state index is 6.36. The highest BCUT2D eigenvalue weighted by Gasteiger charge is 2.24. The summed E-state index contributed by atoms with van der Waals surface area (Å²) in [5.74, 6) is 2.50. The quantitative estimate of drug-likeness (QED) is 0.526. The Bertz CT molecular complexity index is 826. The highest BCUT2D eigenvalue weighted by atomic mass is 16.5. The van der Waals surface area contributed by atoms with Gasteiger partial charge in [-0.3, -0.25) is 9.88 Å². The average molecular weight is 409 g/mol. The van der Waals surface area contributed by atoms with Gasteiger partial charge >= 0.3 is 0 Å². The van der Waals surface area contributed by atoms with Crippen LogP contribution in [0.15, 0.2) is 24.3 Å². The molecule has 0 saturated carbocycles. The summed E-state index contributed by atoms with van der Waals surface area (Å²) < 4.78 is 6.36. The Kier molecular flexibility index (Phi) is 7.57. The van der Waals surface area contributed by atoms with E-state index < -0.39 is 0 Å². The minimum atomic E-state index is 0.143. The number of pyridine rings is 1. The first kappa shape index (κ1) is 22.8. The lowest BCUT2D eigenvalue weighted by Crippen LogP contribution is -2.38. The first-order valence-electron chi connectivity index (χ1n) is 11.8. The van der Waals surface area contributed by atoms with Gasteiger partial charge in [0.15, 0.2) is 0 Å². The van der Waals surface area contributed by atoms with E-state index in [1.54, 1.807) is 0 Å². The molecule has 2 heterocycles. The smallest absolute Gasteiger partial charge is 0.128 e. The lowest BCUT2D eigenvalue weighted by Gasteiger charge is -2.35. The summed E-state index contributed by atoms with van der Waals surface area (Å²) >= 11 is 0. The maximum Gasteiger partial charge on any atom is 0.128 e. The van der Waals surface area contributed by atoms with E-state index in [-0.39, 0.29) is 6.10 Å². The average Bonchev–Trinajstić information content (AvgIpc) is 2.68. The van der Waals surface area contributed by atoms with Crippen LogP contribution in [0.4, 0.5) is 0 Å². The van der Waals surface area contributed by atoms with Crippen molar-refractivity contribution in [3.63, 3.8) is 0 Å². The second-order valence-electron chi connectivity index (χ2n) is 9.53. The Hall–Kier alpha value is -1.87. The molecule has 3 nitrogen and oxygen atoms in total. The van der Waals surface area contributed by atoms with E-state index >= 15 is 0 Å². The predicted molar refractivity (Wildman–Crippen MR) is 127 cm³/mol. The minimum Gasteiger partial charge on any atom is -0.491 e. The molecule has 3 rings (SSSR count). The van der Waals surface area contributed by atoms with E-state index in [1.165, 1.54) is 28.7 Å². The summed E-state index contributed by atoms with van der Waals surface area (Å²) in [5, 5.41) is 0. The van der Waals surface area contributed by atoms with Crippen LogP contribution in [0.2, 0.25) is 0 Å². The summed E-state index contributed by atoms with van der Waals surface area (Å²) in [6.45, 7) is 18.8. The van der Waals surface area contributed by atoms with Crippen LogP contribution in [0, 0.1) is 18.8 Å². The number of likely N-dealkylation sites (tertiary alicyclic amines) is 1. The van der Waals surface area contributed by atoms with E-state index in [4.69, 9.17) is 9.72 Å². The van der Waals surface area contributed by atoms with E-state index in [0.717, 1.165) is 61.4 Å². The number of aryl methyl sites for hydroxylation is 3. The van der Waals surface area contributed by atoms with Crippen molar-refractivity contribution in [1.29, 1.82) is 0 Å². The van der Waals surface area contributed by atoms with Crippen LogP contribution >= 0.6 is 0 Å². The molecule has 0 bridgehead atoms. The molecule has 164 valence electrons. The predicted octanol–water partition coefficient (Wildman–Crippen LogP) is 6.45. The molecule has 0 spiro atoms. The molecule has 1 saturated heterocycles. The third-order valence-corrected chi connectivity index (χ3v) is 6.23. The summed E-state index contributed by atoms with van der Waals surface area (Å²) in [7, 11) is 0. The van der Waals surface area contributed by atoms with Crippen molar-refractivity contribution < 1.29 is 4.74 Å². The maximum absolute atomic E-state index is 6.36. The van der Waals surface area contributed by atoms with Gasteiger partial charge in [-0.1, -0.05) is 45.9 Å². The van der Waals surface area contributed by atoms with Gasteiger partial charge in [-0.15, -0.1) is 0 Å². The fourth-order valence-electron chi connectivity index (χ4n) is 5.07. The summed E-state index contributed by atoms with van der Waals surface area (Å²) in [6, 6.07) is 8.84. The van der Waals surface area contributed by atoms with Gasteiger partial charge in [-0.2, -0.15) is 0 Å². The number of piperidine rings is 1. The molecular formula is C27H40N2O. The number of hydrogen-bond donors (Lipinski definition) is 0. The van der Waals surface area contributed by atoms with Gasteiger partial charge in [0.1, 0.15) is 5.75 Å². The summed E-state index contributed by atoms with van der Waals surface area (Å²) in [4.78, 5) is 7.72. The number of ether oxygens (including phenoxy) is 1. The second-order valence-corrected chi connectivity index (χ2v) is 9.53. The largest absolute Gasteiger partial charge is 0.491 e. The molecule has 2 aromatic rings. The normalized spacial score (nSPS) is 20.0. The molecular weight excluding hydrogens is 368 g/mol. The Morgan fingerprint density at radius 2 is 1.67 bits per heavy atom. The van der Waals surface area contributed by atoms with Gasteiger partial charge in [-0.05, 0) is 63.0 Å². The standard InChI is InChI=1S/C27H40N2O/c1-8-22-11-10-12-23(9-2)27(22)25-14-26(30-18(3)4)24(21(7)28-25)17-29-15-19(5)13-20(6)16-29/h10-12,14,18-20H,8-9,13,15-17H2,1-7H3. The van der Waals surface area contributed by atoms with Gasteiger partial charge in [0.25, 0.3) is 0 Å². The third-order valence-electron chi connectivity index (χ3n) is 6.23. The molecule has 0 radical (unpaired) electrons. The highest BCUT2D eigenvalue weighted by molar-refractivity contribution is 5.70. The van der Waals surface area contributed by atoms with Crippen molar-refractivity contribution in [2.45, 2.75) is 80.4 Å². The van der Waals surface area contributed by atoms with Crippen LogP contribution in [0.25, 0.3) is 11.3 Å². The van der Waals surface area contributed by atoms with Gasteiger partial charge in [-0.25, -0.2) is 0 Å². The van der Waals surface area contributed by atoms with Crippen LogP contribution < -0.4 is 4.74 Å². The topological polar surface area (TPSA) is 25.4 Å². The monoisotopic (exact) mass is 408 g/mol. The molecule has 0 amide bonds. The molecule has 3 heteroatoms. The zero-order valence-electron chi connectivity index (χ0n) is 20.1. The molecule has 0 aliphatic carbocycles. The van der Waals surface area contributed by atoms with Crippen LogP contribution in [0.1, 0.15) is 70.3 Å². The van der Waals surface area contributed by atoms with Gasteiger partial charge in [0.2, 0.25) is 0 Å². The lowest BCUT2D eigenvalue weighted by molar-refractivity contribution is 0.131. The minimum absolute atomic E-state index is 0.143. The van der Waals surface area contributed by atoms with E-state index in [9.17, 15) is 0 Å². The number of aromatic nitrogens is 1. The van der Waals surface area contributed by atoms with E-state index in [0.29, 0.717) is 0 Å². The van der Waals surface area contributed by atoms with Crippen molar-refractivity contribution in [2.75, 3.05) is 13.1 Å². The zero-order chi connectivity index (χ0) is 21.8.